The standard InChI is InChI=1S/C48H27BN2OS3/c1-2-11-28(12-3-1)29-21-23-30(24-22-29)51-36-27-44-43(54-40-18-8-9-19-41(40)55-44)26-33(36)45-46-37(25-32-31-13-4-6-16-38(31)52-48(32)45)50-35-15-5-7-17-39(35)53-42-20-10-14-34(47(42)50)49(46)51/h1-27H. The zero-order chi connectivity index (χ0) is 35.8. The third-order valence-corrected chi connectivity index (χ3v) is 15.1. The zero-order valence-electron chi connectivity index (χ0n) is 29.2. The molecule has 4 aliphatic rings. The van der Waals surface area contributed by atoms with Crippen molar-refractivity contribution in [2.45, 2.75) is 29.4 Å². The third kappa shape index (κ3) is 4.29. The first-order valence-electron chi connectivity index (χ1n) is 18.5. The van der Waals surface area contributed by atoms with Gasteiger partial charge in [-0.3, -0.25) is 0 Å². The highest BCUT2D eigenvalue weighted by atomic mass is 32.2. The van der Waals surface area contributed by atoms with Gasteiger partial charge in [-0.15, -0.1) is 0 Å². The van der Waals surface area contributed by atoms with Crippen LogP contribution in [-0.2, 0) is 0 Å². The largest absolute Gasteiger partial charge is 0.455 e. The Bertz CT molecular complexity index is 3110. The fourth-order valence-electron chi connectivity index (χ4n) is 9.15. The summed E-state index contributed by atoms with van der Waals surface area (Å²) in [6.45, 7) is -0.0960. The van der Waals surface area contributed by atoms with E-state index in [-0.39, 0.29) is 6.85 Å². The van der Waals surface area contributed by atoms with E-state index in [1.54, 1.807) is 0 Å². The van der Waals surface area contributed by atoms with Gasteiger partial charge < -0.3 is 14.1 Å². The van der Waals surface area contributed by atoms with Gasteiger partial charge in [0.1, 0.15) is 11.2 Å². The highest BCUT2D eigenvalue weighted by Gasteiger charge is 2.48. The minimum atomic E-state index is -0.0960. The average molecular weight is 755 g/mol. The van der Waals surface area contributed by atoms with Crippen molar-refractivity contribution in [1.82, 2.24) is 0 Å². The third-order valence-electron chi connectivity index (χ3n) is 11.5. The van der Waals surface area contributed by atoms with Crippen molar-refractivity contribution in [3.8, 4) is 22.3 Å². The van der Waals surface area contributed by atoms with Crippen molar-refractivity contribution in [2.24, 2.45) is 0 Å². The smallest absolute Gasteiger partial charge is 0.333 e. The highest BCUT2D eigenvalue weighted by Crippen LogP contribution is 2.58. The molecule has 0 amide bonds. The first-order valence-corrected chi connectivity index (χ1v) is 21.0. The van der Waals surface area contributed by atoms with Crippen LogP contribution in [0.15, 0.2) is 198 Å². The van der Waals surface area contributed by atoms with Gasteiger partial charge in [0.25, 0.3) is 0 Å². The Morgan fingerprint density at radius 3 is 1.98 bits per heavy atom. The number of fused-ring (bicyclic) bond motifs is 12. The molecule has 256 valence electrons. The summed E-state index contributed by atoms with van der Waals surface area (Å²) in [6, 6.07) is 60.3. The molecule has 0 radical (unpaired) electrons. The number of rotatable bonds is 2. The summed E-state index contributed by atoms with van der Waals surface area (Å²) in [5.41, 5.74) is 15.3. The molecule has 5 heterocycles. The van der Waals surface area contributed by atoms with Crippen molar-refractivity contribution < 1.29 is 4.42 Å². The second kappa shape index (κ2) is 11.4. The molecule has 13 rings (SSSR count). The van der Waals surface area contributed by atoms with Crippen LogP contribution >= 0.6 is 35.3 Å². The minimum absolute atomic E-state index is 0.0960. The minimum Gasteiger partial charge on any atom is -0.455 e. The molecule has 0 spiro atoms. The van der Waals surface area contributed by atoms with Crippen LogP contribution in [0.4, 0.5) is 28.4 Å². The van der Waals surface area contributed by atoms with E-state index >= 15 is 0 Å². The van der Waals surface area contributed by atoms with Gasteiger partial charge in [0.05, 0.1) is 11.4 Å². The van der Waals surface area contributed by atoms with Crippen LogP contribution in [0.1, 0.15) is 0 Å². The summed E-state index contributed by atoms with van der Waals surface area (Å²) in [7, 11) is 0. The fourth-order valence-corrected chi connectivity index (χ4v) is 12.5. The molecule has 3 nitrogen and oxygen atoms in total. The fraction of sp³-hybridized carbons (Fsp3) is 0. The van der Waals surface area contributed by atoms with Crippen LogP contribution in [0, 0.1) is 0 Å². The van der Waals surface area contributed by atoms with E-state index < -0.39 is 0 Å². The van der Waals surface area contributed by atoms with Crippen LogP contribution in [0.3, 0.4) is 0 Å². The van der Waals surface area contributed by atoms with E-state index in [0.29, 0.717) is 0 Å². The van der Waals surface area contributed by atoms with Crippen molar-refractivity contribution in [3.05, 3.63) is 164 Å². The number of hydrogen-bond acceptors (Lipinski definition) is 6. The SMILES string of the molecule is c1ccc(-c2ccc(N3B4c5cccc6c5N(c5ccccc5S6)c5cc6c(oc7ccccc76)c(c54)-c4cc5c(cc43)Sc3ccccc3S5)cc2)cc1. The highest BCUT2D eigenvalue weighted by molar-refractivity contribution is 8.05. The first-order chi connectivity index (χ1) is 27.3. The Morgan fingerprint density at radius 1 is 0.473 bits per heavy atom. The lowest BCUT2D eigenvalue weighted by atomic mass is 9.43. The molecular weight excluding hydrogens is 728 g/mol. The maximum absolute atomic E-state index is 7.00. The first kappa shape index (κ1) is 30.6. The van der Waals surface area contributed by atoms with Gasteiger partial charge in [-0.05, 0) is 88.8 Å². The van der Waals surface area contributed by atoms with Gasteiger partial charge in [-0.1, -0.05) is 132 Å². The Balaban J connectivity index is 1.16. The lowest BCUT2D eigenvalue weighted by Gasteiger charge is -2.47. The predicted molar refractivity (Wildman–Crippen MR) is 232 cm³/mol. The topological polar surface area (TPSA) is 19.6 Å². The second-order valence-corrected chi connectivity index (χ2v) is 17.7. The maximum Gasteiger partial charge on any atom is 0.333 e. The molecule has 1 aromatic heterocycles. The number of nitrogens with zero attached hydrogens (tertiary/aromatic N) is 2. The molecule has 0 N–H and O–H groups in total. The lowest BCUT2D eigenvalue weighted by molar-refractivity contribution is 0.670. The molecule has 0 unspecified atom stereocenters. The Morgan fingerprint density at radius 2 is 1.15 bits per heavy atom. The maximum atomic E-state index is 7.00. The normalized spacial score (nSPS) is 14.2. The van der Waals surface area contributed by atoms with Gasteiger partial charge >= 0.3 is 6.85 Å². The van der Waals surface area contributed by atoms with E-state index in [4.69, 9.17) is 4.42 Å². The molecule has 0 bridgehead atoms. The number of benzene rings is 8. The van der Waals surface area contributed by atoms with Crippen LogP contribution in [0.25, 0.3) is 44.2 Å². The van der Waals surface area contributed by atoms with Crippen LogP contribution < -0.4 is 20.6 Å². The summed E-state index contributed by atoms with van der Waals surface area (Å²) >= 11 is 5.63. The zero-order valence-corrected chi connectivity index (χ0v) is 31.6. The van der Waals surface area contributed by atoms with Crippen molar-refractivity contribution in [2.75, 3.05) is 9.71 Å². The summed E-state index contributed by atoms with van der Waals surface area (Å²) in [5.74, 6) is 0. The molecule has 8 aromatic carbocycles. The number of para-hydroxylation sites is 3. The van der Waals surface area contributed by atoms with Crippen LogP contribution in [0.2, 0.25) is 0 Å². The number of furan rings is 1. The predicted octanol–water partition coefficient (Wildman–Crippen LogP) is 13.0. The molecule has 0 saturated carbocycles. The van der Waals surface area contributed by atoms with E-state index in [9.17, 15) is 0 Å². The Hall–Kier alpha value is -5.73. The van der Waals surface area contributed by atoms with Gasteiger partial charge in [-0.25, -0.2) is 0 Å². The number of anilines is 5. The molecule has 0 aliphatic carbocycles. The van der Waals surface area contributed by atoms with Gasteiger partial charge in [-0.2, -0.15) is 0 Å². The Labute approximate surface area is 331 Å². The quantitative estimate of drug-likeness (QED) is 0.163. The van der Waals surface area contributed by atoms with E-state index in [1.807, 2.05) is 35.3 Å². The summed E-state index contributed by atoms with van der Waals surface area (Å²) in [5, 5.41) is 2.29. The van der Waals surface area contributed by atoms with Gasteiger partial charge in [0, 0.05) is 68.3 Å². The molecule has 0 atom stereocenters. The van der Waals surface area contributed by atoms with Crippen molar-refractivity contribution in [3.63, 3.8) is 0 Å². The van der Waals surface area contributed by atoms with Gasteiger partial charge in [0.2, 0.25) is 0 Å². The molecule has 9 aromatic rings. The molecule has 55 heavy (non-hydrogen) atoms. The Kier molecular flexibility index (Phi) is 6.34. The van der Waals surface area contributed by atoms with E-state index in [1.165, 1.54) is 85.3 Å². The second-order valence-electron chi connectivity index (χ2n) is 14.4. The van der Waals surface area contributed by atoms with E-state index in [2.05, 4.69) is 174 Å². The van der Waals surface area contributed by atoms with E-state index in [0.717, 1.165) is 27.6 Å². The summed E-state index contributed by atoms with van der Waals surface area (Å²) in [4.78, 5) is 12.9. The molecular formula is C48H27BN2OS3. The number of hydrogen-bond donors (Lipinski definition) is 0. The van der Waals surface area contributed by atoms with Gasteiger partial charge in [0.15, 0.2) is 0 Å². The average Bonchev–Trinajstić information content (AvgIpc) is 3.62. The van der Waals surface area contributed by atoms with Crippen LogP contribution in [0.5, 0.6) is 0 Å². The monoisotopic (exact) mass is 754 g/mol. The molecule has 7 heteroatoms. The molecule has 4 aliphatic heterocycles. The lowest BCUT2D eigenvalue weighted by Crippen LogP contribution is -2.62. The summed E-state index contributed by atoms with van der Waals surface area (Å²) < 4.78 is 7.00. The van der Waals surface area contributed by atoms with Crippen LogP contribution in [-0.4, -0.2) is 6.85 Å². The van der Waals surface area contributed by atoms with Crippen molar-refractivity contribution >= 4 is 103 Å². The molecule has 0 saturated heterocycles. The molecule has 0 fully saturated rings. The van der Waals surface area contributed by atoms with Crippen molar-refractivity contribution in [1.29, 1.82) is 0 Å². The summed E-state index contributed by atoms with van der Waals surface area (Å²) in [6.07, 6.45) is 0.